The molecule has 0 spiro atoms. The van der Waals surface area contributed by atoms with Gasteiger partial charge in [-0.25, -0.2) is 15.0 Å². The van der Waals surface area contributed by atoms with Crippen molar-refractivity contribution in [3.63, 3.8) is 0 Å². The molecule has 1 unspecified atom stereocenters. The molecule has 2 fully saturated rings. The maximum Gasteiger partial charge on any atom is 0.267 e. The molecule has 4 aromatic rings. The minimum atomic E-state index is -0.658. The number of nitrogens with zero attached hydrogens (tertiary/aromatic N) is 6. The van der Waals surface area contributed by atoms with Crippen LogP contribution in [0.2, 0.25) is 5.02 Å². The van der Waals surface area contributed by atoms with Gasteiger partial charge in [0.1, 0.15) is 28.4 Å². The summed E-state index contributed by atoms with van der Waals surface area (Å²) >= 11 is 7.48. The van der Waals surface area contributed by atoms with Crippen molar-refractivity contribution in [2.75, 3.05) is 53.6 Å². The average molecular weight is 785 g/mol. The second kappa shape index (κ2) is 16.4. The van der Waals surface area contributed by atoms with Crippen molar-refractivity contribution in [3.8, 4) is 0 Å². The molecule has 17 heteroatoms. The van der Waals surface area contributed by atoms with Gasteiger partial charge in [-0.2, -0.15) is 0 Å². The van der Waals surface area contributed by atoms with Gasteiger partial charge in [0.25, 0.3) is 11.8 Å². The number of carbonyl (C=O) groups excluding carboxylic acids is 5. The molecule has 55 heavy (non-hydrogen) atoms. The van der Waals surface area contributed by atoms with E-state index < -0.39 is 11.9 Å². The van der Waals surface area contributed by atoms with Gasteiger partial charge in [0.15, 0.2) is 5.13 Å². The molecule has 1 atom stereocenters. The first kappa shape index (κ1) is 37.7. The van der Waals surface area contributed by atoms with Crippen LogP contribution in [0.1, 0.15) is 69.1 Å². The highest BCUT2D eigenvalue weighted by atomic mass is 35.5. The van der Waals surface area contributed by atoms with Crippen LogP contribution in [-0.2, 0) is 20.9 Å². The molecule has 3 aliphatic rings. The van der Waals surface area contributed by atoms with Gasteiger partial charge >= 0.3 is 0 Å². The van der Waals surface area contributed by atoms with Gasteiger partial charge in [-0.15, -0.1) is 0 Å². The van der Waals surface area contributed by atoms with Crippen LogP contribution < -0.4 is 26.2 Å². The third-order valence-electron chi connectivity index (χ3n) is 9.92. The highest BCUT2D eigenvalue weighted by Gasteiger charge is 2.39. The molecule has 7 rings (SSSR count). The number of halogens is 1. The quantitative estimate of drug-likeness (QED) is 0.113. The third kappa shape index (κ3) is 8.55. The minimum Gasteiger partial charge on any atom is -0.385 e. The zero-order valence-electron chi connectivity index (χ0n) is 30.5. The van der Waals surface area contributed by atoms with E-state index in [0.29, 0.717) is 96.5 Å². The number of unbranched alkanes of at least 4 members (excludes halogenated alkanes) is 1. The number of rotatable bonds is 12. The Balaban J connectivity index is 0.853. The Morgan fingerprint density at radius 3 is 2.60 bits per heavy atom. The van der Waals surface area contributed by atoms with E-state index in [1.807, 2.05) is 49.1 Å². The number of anilines is 5. The lowest BCUT2D eigenvalue weighted by Gasteiger charge is -2.35. The molecule has 2 aromatic heterocycles. The third-order valence-corrected chi connectivity index (χ3v) is 11.1. The van der Waals surface area contributed by atoms with E-state index in [2.05, 4.69) is 41.1 Å². The Hall–Kier alpha value is -5.61. The van der Waals surface area contributed by atoms with E-state index in [9.17, 15) is 24.0 Å². The van der Waals surface area contributed by atoms with Crippen LogP contribution in [0.4, 0.5) is 28.1 Å². The number of aryl methyl sites for hydroxylation is 2. The predicted octanol–water partition coefficient (Wildman–Crippen LogP) is 4.89. The van der Waals surface area contributed by atoms with E-state index in [4.69, 9.17) is 11.6 Å². The van der Waals surface area contributed by atoms with E-state index in [1.54, 1.807) is 17.0 Å². The number of carbonyl (C=O) groups is 5. The van der Waals surface area contributed by atoms with Gasteiger partial charge in [0.2, 0.25) is 17.7 Å². The summed E-state index contributed by atoms with van der Waals surface area (Å²) in [5.41, 5.74) is 3.67. The fourth-order valence-electron chi connectivity index (χ4n) is 7.01. The van der Waals surface area contributed by atoms with Crippen LogP contribution in [0.25, 0.3) is 0 Å². The molecular formula is C38H41ClN10O5S. The minimum absolute atomic E-state index is 0.111. The summed E-state index contributed by atoms with van der Waals surface area (Å²) in [6, 6.07) is 12.1. The summed E-state index contributed by atoms with van der Waals surface area (Å²) in [4.78, 5) is 82.7. The number of aromatic nitrogens is 3. The molecule has 15 nitrogen and oxygen atoms in total. The van der Waals surface area contributed by atoms with Crippen molar-refractivity contribution in [3.05, 3.63) is 81.1 Å². The molecule has 5 heterocycles. The first-order chi connectivity index (χ1) is 26.5. The van der Waals surface area contributed by atoms with Gasteiger partial charge in [-0.3, -0.25) is 29.3 Å². The zero-order valence-corrected chi connectivity index (χ0v) is 32.1. The molecule has 0 radical (unpaired) electrons. The normalized spacial score (nSPS) is 16.9. The topological polar surface area (TPSA) is 182 Å². The fourth-order valence-corrected chi connectivity index (χ4v) is 8.00. The number of fused-ring (bicyclic) bond motifs is 1. The van der Waals surface area contributed by atoms with Crippen LogP contribution in [0.15, 0.2) is 48.7 Å². The van der Waals surface area contributed by atoms with Crippen molar-refractivity contribution < 1.29 is 24.0 Å². The summed E-state index contributed by atoms with van der Waals surface area (Å²) < 4.78 is 0. The molecule has 286 valence electrons. The van der Waals surface area contributed by atoms with E-state index >= 15 is 0 Å². The number of piperidine rings is 1. The lowest BCUT2D eigenvalue weighted by atomic mass is 10.0. The largest absolute Gasteiger partial charge is 0.385 e. The molecule has 2 aromatic carbocycles. The zero-order chi connectivity index (χ0) is 38.6. The molecule has 0 bridgehead atoms. The van der Waals surface area contributed by atoms with Crippen LogP contribution in [-0.4, -0.2) is 93.1 Å². The number of thiazole rings is 1. The summed E-state index contributed by atoms with van der Waals surface area (Å²) in [5.74, 6) is 0.732. The Morgan fingerprint density at radius 2 is 1.82 bits per heavy atom. The average Bonchev–Trinajstić information content (AvgIpc) is 3.77. The van der Waals surface area contributed by atoms with Crippen LogP contribution in [0.3, 0.4) is 0 Å². The van der Waals surface area contributed by atoms with Crippen molar-refractivity contribution in [1.82, 2.24) is 30.1 Å². The van der Waals surface area contributed by atoms with Crippen molar-refractivity contribution >= 4 is 80.6 Å². The first-order valence-electron chi connectivity index (χ1n) is 18.2. The van der Waals surface area contributed by atoms with E-state index in [-0.39, 0.29) is 30.0 Å². The SMILES string of the molecule is Cc1nc(Nc2ncc(C(=O)Nc3c(C)cccc3Cl)s2)cc(N2CCN(C(=O)CCCCNc3cccc4c3CN(C3CCC(=O)NC3=O)C4=O)CC2)n1. The van der Waals surface area contributed by atoms with Crippen LogP contribution in [0.5, 0.6) is 0 Å². The Bertz CT molecular complexity index is 2130. The van der Waals surface area contributed by atoms with Crippen molar-refractivity contribution in [2.24, 2.45) is 0 Å². The summed E-state index contributed by atoms with van der Waals surface area (Å²) in [6.45, 7) is 7.03. The smallest absolute Gasteiger partial charge is 0.267 e. The molecule has 0 saturated carbocycles. The van der Waals surface area contributed by atoms with E-state index in [0.717, 1.165) is 29.1 Å². The van der Waals surface area contributed by atoms with Gasteiger partial charge < -0.3 is 30.7 Å². The summed E-state index contributed by atoms with van der Waals surface area (Å²) in [5, 5.41) is 12.8. The molecule has 2 saturated heterocycles. The molecule has 3 aliphatic heterocycles. The fraction of sp³-hybridized carbons (Fsp3) is 0.368. The molecule has 0 aliphatic carbocycles. The maximum absolute atomic E-state index is 13.1. The molecule has 4 N–H and O–H groups in total. The second-order valence-electron chi connectivity index (χ2n) is 13.7. The number of piperazine rings is 1. The van der Waals surface area contributed by atoms with Gasteiger partial charge in [-0.1, -0.05) is 41.1 Å². The number of imide groups is 1. The highest BCUT2D eigenvalue weighted by Crippen LogP contribution is 2.33. The van der Waals surface area contributed by atoms with Gasteiger partial charge in [-0.05, 0) is 56.9 Å². The van der Waals surface area contributed by atoms with Crippen LogP contribution in [0, 0.1) is 13.8 Å². The molecular weight excluding hydrogens is 744 g/mol. The molecule has 5 amide bonds. The lowest BCUT2D eigenvalue weighted by Crippen LogP contribution is -2.52. The van der Waals surface area contributed by atoms with Gasteiger partial charge in [0.05, 0.1) is 16.9 Å². The standard InChI is InChI=1S/C38H41ClN10O5S/c1-22-7-5-9-26(39)34(22)46-36(53)29-20-41-38(55-29)44-30-19-31(43-23(2)42-30)47-15-17-48(18-16-47)33(51)11-3-4-14-40-27-10-6-8-24-25(27)21-49(37(24)54)28-12-13-32(50)45-35(28)52/h5-10,19-20,28,40H,3-4,11-18,21H2,1-2H3,(H,46,53)(H,45,50,52)(H,41,42,43,44). The van der Waals surface area contributed by atoms with Gasteiger partial charge in [0, 0.05) is 75.0 Å². The monoisotopic (exact) mass is 784 g/mol. The summed E-state index contributed by atoms with van der Waals surface area (Å²) in [7, 11) is 0. The number of benzene rings is 2. The number of amides is 5. The second-order valence-corrected chi connectivity index (χ2v) is 15.1. The number of hydrogen-bond donors (Lipinski definition) is 4. The van der Waals surface area contributed by atoms with Crippen LogP contribution >= 0.6 is 22.9 Å². The number of para-hydroxylation sites is 1. The lowest BCUT2D eigenvalue weighted by molar-refractivity contribution is -0.137. The number of hydrogen-bond acceptors (Lipinski definition) is 12. The van der Waals surface area contributed by atoms with Crippen molar-refractivity contribution in [2.45, 2.75) is 58.5 Å². The van der Waals surface area contributed by atoms with Crippen molar-refractivity contribution in [1.29, 1.82) is 0 Å². The highest BCUT2D eigenvalue weighted by molar-refractivity contribution is 7.17. The Morgan fingerprint density at radius 1 is 1.02 bits per heavy atom. The Labute approximate surface area is 326 Å². The first-order valence-corrected chi connectivity index (χ1v) is 19.4. The summed E-state index contributed by atoms with van der Waals surface area (Å²) in [6.07, 6.45) is 3.95. The van der Waals surface area contributed by atoms with E-state index in [1.165, 1.54) is 17.5 Å². The number of nitrogens with one attached hydrogen (secondary N) is 4. The maximum atomic E-state index is 13.1. The predicted molar refractivity (Wildman–Crippen MR) is 210 cm³/mol. The Kier molecular flexibility index (Phi) is 11.2.